The first kappa shape index (κ1) is 14.1. The van der Waals surface area contributed by atoms with Crippen molar-refractivity contribution in [3.63, 3.8) is 0 Å². The molecule has 0 aliphatic carbocycles. The lowest BCUT2D eigenvalue weighted by Gasteiger charge is -2.17. The zero-order chi connectivity index (χ0) is 14.5. The molecule has 0 heterocycles. The van der Waals surface area contributed by atoms with Crippen LogP contribution in [0.5, 0.6) is 0 Å². The Labute approximate surface area is 119 Å². The van der Waals surface area contributed by atoms with Gasteiger partial charge in [-0.2, -0.15) is 0 Å². The molecule has 0 saturated carbocycles. The lowest BCUT2D eigenvalue weighted by atomic mass is 9.92. The van der Waals surface area contributed by atoms with Crippen molar-refractivity contribution in [1.29, 1.82) is 0 Å². The SMILES string of the molecule is CN(C)c1cccc(C(Cc2ccccc2)C(=O)O)c1. The second-order valence-electron chi connectivity index (χ2n) is 5.07. The molecule has 0 radical (unpaired) electrons. The number of rotatable bonds is 5. The molecule has 0 spiro atoms. The molecule has 1 N–H and O–H groups in total. The lowest BCUT2D eigenvalue weighted by Crippen LogP contribution is -2.16. The van der Waals surface area contributed by atoms with Crippen molar-refractivity contribution in [1.82, 2.24) is 0 Å². The van der Waals surface area contributed by atoms with Gasteiger partial charge in [0.1, 0.15) is 0 Å². The van der Waals surface area contributed by atoms with Crippen LogP contribution < -0.4 is 4.90 Å². The number of carboxylic acids is 1. The van der Waals surface area contributed by atoms with Crippen LogP contribution in [0.2, 0.25) is 0 Å². The summed E-state index contributed by atoms with van der Waals surface area (Å²) in [4.78, 5) is 13.5. The van der Waals surface area contributed by atoms with E-state index in [1.807, 2.05) is 73.6 Å². The third-order valence-electron chi connectivity index (χ3n) is 3.37. The van der Waals surface area contributed by atoms with E-state index in [9.17, 15) is 9.90 Å². The van der Waals surface area contributed by atoms with Crippen molar-refractivity contribution < 1.29 is 9.90 Å². The van der Waals surface area contributed by atoms with Crippen LogP contribution in [-0.4, -0.2) is 25.2 Å². The van der Waals surface area contributed by atoms with Gasteiger partial charge in [0, 0.05) is 19.8 Å². The Morgan fingerprint density at radius 3 is 2.40 bits per heavy atom. The van der Waals surface area contributed by atoms with Crippen LogP contribution in [0.25, 0.3) is 0 Å². The maximum atomic E-state index is 11.6. The van der Waals surface area contributed by atoms with E-state index in [2.05, 4.69) is 0 Å². The number of aliphatic carboxylic acids is 1. The highest BCUT2D eigenvalue weighted by Crippen LogP contribution is 2.24. The van der Waals surface area contributed by atoms with E-state index in [1.54, 1.807) is 0 Å². The van der Waals surface area contributed by atoms with Gasteiger partial charge < -0.3 is 10.0 Å². The van der Waals surface area contributed by atoms with Gasteiger partial charge in [0.25, 0.3) is 0 Å². The predicted molar refractivity (Wildman–Crippen MR) is 81.3 cm³/mol. The second-order valence-corrected chi connectivity index (χ2v) is 5.07. The molecule has 2 aromatic carbocycles. The van der Waals surface area contributed by atoms with Crippen LogP contribution in [0.4, 0.5) is 5.69 Å². The predicted octanol–water partition coefficient (Wildman–Crippen LogP) is 3.16. The summed E-state index contributed by atoms with van der Waals surface area (Å²) >= 11 is 0. The quantitative estimate of drug-likeness (QED) is 0.906. The number of anilines is 1. The molecule has 0 bridgehead atoms. The van der Waals surface area contributed by atoms with E-state index in [0.29, 0.717) is 6.42 Å². The molecule has 3 nitrogen and oxygen atoms in total. The highest BCUT2D eigenvalue weighted by molar-refractivity contribution is 5.77. The average Bonchev–Trinajstić information content (AvgIpc) is 2.45. The van der Waals surface area contributed by atoms with Gasteiger partial charge in [0.05, 0.1) is 5.92 Å². The molecule has 0 amide bonds. The Morgan fingerprint density at radius 2 is 1.80 bits per heavy atom. The summed E-state index contributed by atoms with van der Waals surface area (Å²) in [6, 6.07) is 17.4. The number of benzene rings is 2. The fraction of sp³-hybridized carbons (Fsp3) is 0.235. The summed E-state index contributed by atoms with van der Waals surface area (Å²) in [5, 5.41) is 9.50. The normalized spacial score (nSPS) is 11.9. The Bertz CT molecular complexity index is 579. The molecule has 1 atom stereocenters. The van der Waals surface area contributed by atoms with Crippen LogP contribution in [0, 0.1) is 0 Å². The fourth-order valence-electron chi connectivity index (χ4n) is 2.22. The Balaban J connectivity index is 2.29. The van der Waals surface area contributed by atoms with Crippen molar-refractivity contribution in [3.05, 3.63) is 65.7 Å². The smallest absolute Gasteiger partial charge is 0.311 e. The van der Waals surface area contributed by atoms with Crippen LogP contribution >= 0.6 is 0 Å². The summed E-state index contributed by atoms with van der Waals surface area (Å²) in [6.07, 6.45) is 0.507. The molecule has 1 unspecified atom stereocenters. The van der Waals surface area contributed by atoms with Gasteiger partial charge in [-0.1, -0.05) is 42.5 Å². The molecular formula is C17H19NO2. The zero-order valence-corrected chi connectivity index (χ0v) is 11.8. The molecule has 2 rings (SSSR count). The van der Waals surface area contributed by atoms with Gasteiger partial charge >= 0.3 is 5.97 Å². The van der Waals surface area contributed by atoms with Crippen molar-refractivity contribution >= 4 is 11.7 Å². The molecule has 0 aliphatic rings. The molecule has 104 valence electrons. The molecule has 0 saturated heterocycles. The Kier molecular flexibility index (Phi) is 4.41. The highest BCUT2D eigenvalue weighted by Gasteiger charge is 2.20. The topological polar surface area (TPSA) is 40.5 Å². The third kappa shape index (κ3) is 3.38. The minimum absolute atomic E-state index is 0.507. The summed E-state index contributed by atoms with van der Waals surface area (Å²) in [6.45, 7) is 0. The molecule has 3 heteroatoms. The van der Waals surface area contributed by atoms with E-state index in [0.717, 1.165) is 16.8 Å². The number of carbonyl (C=O) groups is 1. The van der Waals surface area contributed by atoms with Gasteiger partial charge in [-0.05, 0) is 29.7 Å². The first-order valence-electron chi connectivity index (χ1n) is 6.62. The largest absolute Gasteiger partial charge is 0.481 e. The molecule has 2 aromatic rings. The van der Waals surface area contributed by atoms with E-state index in [4.69, 9.17) is 0 Å². The van der Waals surface area contributed by atoms with Crippen LogP contribution in [0.1, 0.15) is 17.0 Å². The van der Waals surface area contributed by atoms with Crippen LogP contribution in [0.15, 0.2) is 54.6 Å². The van der Waals surface area contributed by atoms with E-state index in [-0.39, 0.29) is 0 Å². The van der Waals surface area contributed by atoms with Gasteiger partial charge in [0.15, 0.2) is 0 Å². The maximum absolute atomic E-state index is 11.6. The number of carboxylic acid groups (broad SMARTS) is 1. The van der Waals surface area contributed by atoms with Crippen molar-refractivity contribution in [3.8, 4) is 0 Å². The van der Waals surface area contributed by atoms with Gasteiger partial charge in [-0.25, -0.2) is 0 Å². The summed E-state index contributed by atoms with van der Waals surface area (Å²) in [5.41, 5.74) is 2.89. The first-order chi connectivity index (χ1) is 9.58. The number of nitrogens with zero attached hydrogens (tertiary/aromatic N) is 1. The van der Waals surface area contributed by atoms with E-state index < -0.39 is 11.9 Å². The summed E-state index contributed by atoms with van der Waals surface area (Å²) in [5.74, 6) is -1.30. The number of hydrogen-bond acceptors (Lipinski definition) is 2. The van der Waals surface area contributed by atoms with Crippen LogP contribution in [-0.2, 0) is 11.2 Å². The molecule has 0 aliphatic heterocycles. The Morgan fingerprint density at radius 1 is 1.10 bits per heavy atom. The molecule has 20 heavy (non-hydrogen) atoms. The maximum Gasteiger partial charge on any atom is 0.311 e. The standard InChI is InChI=1S/C17H19NO2/c1-18(2)15-10-6-9-14(12-15)16(17(19)20)11-13-7-4-3-5-8-13/h3-10,12,16H,11H2,1-2H3,(H,19,20). The van der Waals surface area contributed by atoms with Crippen molar-refractivity contribution in [2.24, 2.45) is 0 Å². The number of hydrogen-bond donors (Lipinski definition) is 1. The highest BCUT2D eigenvalue weighted by atomic mass is 16.4. The molecule has 0 fully saturated rings. The summed E-state index contributed by atoms with van der Waals surface area (Å²) in [7, 11) is 3.90. The van der Waals surface area contributed by atoms with E-state index >= 15 is 0 Å². The molecular weight excluding hydrogens is 250 g/mol. The monoisotopic (exact) mass is 269 g/mol. The second kappa shape index (κ2) is 6.24. The van der Waals surface area contributed by atoms with Gasteiger partial charge in [-0.15, -0.1) is 0 Å². The lowest BCUT2D eigenvalue weighted by molar-refractivity contribution is -0.138. The zero-order valence-electron chi connectivity index (χ0n) is 11.8. The van der Waals surface area contributed by atoms with Crippen LogP contribution in [0.3, 0.4) is 0 Å². The van der Waals surface area contributed by atoms with Crippen molar-refractivity contribution in [2.75, 3.05) is 19.0 Å². The van der Waals surface area contributed by atoms with Gasteiger partial charge in [0.2, 0.25) is 0 Å². The summed E-state index contributed by atoms with van der Waals surface area (Å²) < 4.78 is 0. The molecule has 0 aromatic heterocycles. The minimum atomic E-state index is -0.787. The van der Waals surface area contributed by atoms with Crippen molar-refractivity contribution in [2.45, 2.75) is 12.3 Å². The minimum Gasteiger partial charge on any atom is -0.481 e. The van der Waals surface area contributed by atoms with E-state index in [1.165, 1.54) is 0 Å². The fourth-order valence-corrected chi connectivity index (χ4v) is 2.22. The third-order valence-corrected chi connectivity index (χ3v) is 3.37. The first-order valence-corrected chi connectivity index (χ1v) is 6.62. The average molecular weight is 269 g/mol. The Hall–Kier alpha value is -2.29. The van der Waals surface area contributed by atoms with Gasteiger partial charge in [-0.3, -0.25) is 4.79 Å².